The molecule has 9 atom stereocenters. The summed E-state index contributed by atoms with van der Waals surface area (Å²) in [6.07, 6.45) is -7.33. The van der Waals surface area contributed by atoms with E-state index in [2.05, 4.69) is 42.2 Å². The number of alkyl halides is 2. The molecule has 21 heteroatoms. The van der Waals surface area contributed by atoms with E-state index < -0.39 is 74.1 Å². The lowest BCUT2D eigenvalue weighted by atomic mass is 10.1. The first-order chi connectivity index (χ1) is 20.0. The first kappa shape index (κ1) is 28.8. The van der Waals surface area contributed by atoms with E-state index in [1.165, 1.54) is 17.2 Å². The first-order valence-corrected chi connectivity index (χ1v) is 15.4. The number of H-pyrrole nitrogens is 1. The molecule has 4 aromatic heterocycles. The van der Waals surface area contributed by atoms with Crippen molar-refractivity contribution in [1.29, 1.82) is 0 Å². The molecule has 0 bridgehead atoms. The highest BCUT2D eigenvalue weighted by Gasteiger charge is 2.55. The van der Waals surface area contributed by atoms with Crippen molar-refractivity contribution in [3.8, 4) is 0 Å². The number of aliphatic hydroxyl groups is 2. The summed E-state index contributed by atoms with van der Waals surface area (Å²) in [6, 6.07) is 0. The summed E-state index contributed by atoms with van der Waals surface area (Å²) >= 11 is 4.15. The number of nitrogens with one attached hydrogen (secondary N) is 1. The van der Waals surface area contributed by atoms with Crippen LogP contribution in [0.1, 0.15) is 18.9 Å². The van der Waals surface area contributed by atoms with E-state index in [9.17, 15) is 19.6 Å². The Balaban J connectivity index is 1.19. The van der Waals surface area contributed by atoms with E-state index >= 15 is 8.78 Å². The average Bonchev–Trinajstić information content (AvgIpc) is 3.70. The van der Waals surface area contributed by atoms with Gasteiger partial charge in [0, 0.05) is 6.42 Å². The molecule has 42 heavy (non-hydrogen) atoms. The zero-order valence-corrected chi connectivity index (χ0v) is 23.1. The Labute approximate surface area is 238 Å². The molecule has 17 nitrogen and oxygen atoms in total. The van der Waals surface area contributed by atoms with Crippen LogP contribution in [0.4, 0.5) is 20.5 Å². The van der Waals surface area contributed by atoms with E-state index in [-0.39, 0.29) is 40.5 Å². The number of fused-ring (bicyclic) bond motifs is 2. The molecular weight excluding hydrogens is 605 g/mol. The van der Waals surface area contributed by atoms with Gasteiger partial charge in [0.25, 0.3) is 12.1 Å². The maximum absolute atomic E-state index is 15.5. The summed E-state index contributed by atoms with van der Waals surface area (Å²) < 4.78 is 63.6. The number of nitrogen functional groups attached to an aromatic ring is 2. The molecule has 6 rings (SSSR count). The summed E-state index contributed by atoms with van der Waals surface area (Å²) in [5.74, 6) is -0.162. The SMILES string of the molecule is Nc1nc2c(ncn2[C@@H]2O[C@H](CO)[C@H](F)[C@H]2P(=O)(S)OCC[C@H]2O[C@@H](n3cnc4c(N)ncnc43)[C@@H](F)[C@@H]2O)c(=O)[nH]1. The second-order valence-electron chi connectivity index (χ2n) is 9.73. The van der Waals surface area contributed by atoms with Gasteiger partial charge in [-0.25, -0.2) is 28.7 Å². The molecule has 1 unspecified atom stereocenters. The highest BCUT2D eigenvalue weighted by atomic mass is 32.7. The molecule has 7 N–H and O–H groups in total. The minimum absolute atomic E-state index is 0.0769. The summed E-state index contributed by atoms with van der Waals surface area (Å²) in [5, 5.41) is 20.2. The Hall–Kier alpha value is -3.26. The van der Waals surface area contributed by atoms with Crippen molar-refractivity contribution in [2.75, 3.05) is 24.7 Å². The maximum Gasteiger partial charge on any atom is 0.280 e. The number of thiol groups is 1. The van der Waals surface area contributed by atoms with Crippen LogP contribution in [0, 0.1) is 0 Å². The lowest BCUT2D eigenvalue weighted by Crippen LogP contribution is -2.31. The monoisotopic (exact) mass is 630 g/mol. The number of nitrogens with zero attached hydrogens (tertiary/aromatic N) is 7. The third kappa shape index (κ3) is 4.72. The van der Waals surface area contributed by atoms with Crippen molar-refractivity contribution in [2.24, 2.45) is 0 Å². The normalized spacial score (nSPS) is 31.3. The van der Waals surface area contributed by atoms with Crippen LogP contribution in [0.3, 0.4) is 0 Å². The summed E-state index contributed by atoms with van der Waals surface area (Å²) in [5.41, 5.74) is 9.40. The Bertz CT molecular complexity index is 1740. The van der Waals surface area contributed by atoms with Crippen LogP contribution in [-0.4, -0.2) is 98.8 Å². The Morgan fingerprint density at radius 1 is 1.05 bits per heavy atom. The van der Waals surface area contributed by atoms with E-state index in [0.29, 0.717) is 0 Å². The zero-order valence-electron chi connectivity index (χ0n) is 21.3. The minimum atomic E-state index is -4.23. The molecule has 0 radical (unpaired) electrons. The van der Waals surface area contributed by atoms with E-state index in [4.69, 9.17) is 25.5 Å². The zero-order chi connectivity index (χ0) is 29.9. The molecule has 226 valence electrons. The van der Waals surface area contributed by atoms with Gasteiger partial charge < -0.3 is 35.7 Å². The number of hydrogen-bond donors (Lipinski definition) is 6. The first-order valence-electron chi connectivity index (χ1n) is 12.5. The van der Waals surface area contributed by atoms with Gasteiger partial charge in [-0.1, -0.05) is 12.2 Å². The standard InChI is InChI=1S/C21H25F2N10O7PS/c22-9-8(3-34)40-20(33-6-29-12-17(33)30-21(25)31-18(12)36)14(9)41(37,42)38-2-1-7-13(35)10(23)19(39-7)32-5-28-11-15(24)26-4-27-16(11)32/h4-10,13-14,19-20,34-35H,1-3H2,(H,37,42)(H2,24,26,27)(H3,25,30,31,36)/t7-,8-,9+,10+,13-,14-,19-,20-,41?/m1/s1. The van der Waals surface area contributed by atoms with Gasteiger partial charge in [0.05, 0.1) is 32.0 Å². The van der Waals surface area contributed by atoms with E-state index in [1.54, 1.807) is 0 Å². The number of imidazole rings is 2. The lowest BCUT2D eigenvalue weighted by molar-refractivity contribution is -0.0330. The number of halogens is 2. The molecule has 0 spiro atoms. The molecule has 0 saturated carbocycles. The van der Waals surface area contributed by atoms with Crippen LogP contribution in [0.2, 0.25) is 0 Å². The van der Waals surface area contributed by atoms with Crippen LogP contribution < -0.4 is 17.0 Å². The largest absolute Gasteiger partial charge is 0.394 e. The number of rotatable bonds is 8. The number of aromatic nitrogens is 8. The van der Waals surface area contributed by atoms with Gasteiger partial charge in [-0.15, -0.1) is 0 Å². The van der Waals surface area contributed by atoms with Crippen molar-refractivity contribution < 1.29 is 37.6 Å². The number of nitrogens with two attached hydrogens (primary N) is 2. The van der Waals surface area contributed by atoms with Gasteiger partial charge in [0.1, 0.15) is 35.9 Å². The molecule has 2 aliphatic rings. The van der Waals surface area contributed by atoms with Crippen LogP contribution in [0.25, 0.3) is 22.3 Å². The summed E-state index contributed by atoms with van der Waals surface area (Å²) in [6.45, 7) is -5.38. The van der Waals surface area contributed by atoms with Crippen molar-refractivity contribution >= 4 is 52.9 Å². The maximum atomic E-state index is 15.5. The van der Waals surface area contributed by atoms with Crippen LogP contribution in [0.5, 0.6) is 0 Å². The number of anilines is 2. The van der Waals surface area contributed by atoms with Gasteiger partial charge in [-0.3, -0.25) is 23.5 Å². The number of ether oxygens (including phenoxy) is 2. The van der Waals surface area contributed by atoms with Gasteiger partial charge in [-0.05, 0) is 0 Å². The molecule has 0 amide bonds. The van der Waals surface area contributed by atoms with Crippen molar-refractivity contribution in [3.63, 3.8) is 0 Å². The molecule has 6 heterocycles. The van der Waals surface area contributed by atoms with Crippen molar-refractivity contribution in [2.45, 2.75) is 55.2 Å². The Morgan fingerprint density at radius 3 is 2.48 bits per heavy atom. The summed E-state index contributed by atoms with van der Waals surface area (Å²) in [4.78, 5) is 34.4. The predicted molar refractivity (Wildman–Crippen MR) is 144 cm³/mol. The van der Waals surface area contributed by atoms with E-state index in [0.717, 1.165) is 10.9 Å². The second-order valence-corrected chi connectivity index (χ2v) is 13.4. The van der Waals surface area contributed by atoms with Gasteiger partial charge in [0.15, 0.2) is 41.3 Å². The smallest absolute Gasteiger partial charge is 0.280 e. The Kier molecular flexibility index (Phi) is 7.40. The van der Waals surface area contributed by atoms with Crippen molar-refractivity contribution in [1.82, 2.24) is 39.0 Å². The fourth-order valence-electron chi connectivity index (χ4n) is 5.16. The molecule has 4 aromatic rings. The number of aromatic amines is 1. The highest BCUT2D eigenvalue weighted by molar-refractivity contribution is 8.46. The van der Waals surface area contributed by atoms with Gasteiger partial charge in [-0.2, -0.15) is 4.98 Å². The molecule has 0 aliphatic carbocycles. The van der Waals surface area contributed by atoms with Gasteiger partial charge >= 0.3 is 0 Å². The average molecular weight is 631 g/mol. The Morgan fingerprint density at radius 2 is 1.74 bits per heavy atom. The number of hydrogen-bond acceptors (Lipinski definition) is 14. The number of aliphatic hydroxyl groups excluding tert-OH is 2. The molecule has 2 saturated heterocycles. The highest BCUT2D eigenvalue weighted by Crippen LogP contribution is 2.64. The van der Waals surface area contributed by atoms with Crippen LogP contribution >= 0.6 is 18.8 Å². The van der Waals surface area contributed by atoms with Crippen LogP contribution in [0.15, 0.2) is 23.8 Å². The molecular formula is C21H25F2N10O7PS. The fourth-order valence-corrected chi connectivity index (χ4v) is 7.76. The van der Waals surface area contributed by atoms with E-state index in [1.807, 2.05) is 0 Å². The topological polar surface area (TPSA) is 244 Å². The van der Waals surface area contributed by atoms with Crippen molar-refractivity contribution in [3.05, 3.63) is 29.3 Å². The molecule has 2 aliphatic heterocycles. The van der Waals surface area contributed by atoms with Crippen LogP contribution in [-0.2, 0) is 18.6 Å². The molecule has 2 fully saturated rings. The quantitative estimate of drug-likeness (QED) is 0.110. The molecule has 0 aromatic carbocycles. The second kappa shape index (κ2) is 10.8. The van der Waals surface area contributed by atoms with Gasteiger partial charge in [0.2, 0.25) is 5.95 Å². The predicted octanol–water partition coefficient (Wildman–Crippen LogP) is -0.154. The third-order valence-electron chi connectivity index (χ3n) is 7.20. The fraction of sp³-hybridized carbons (Fsp3) is 0.524. The summed E-state index contributed by atoms with van der Waals surface area (Å²) in [7, 11) is 0. The third-order valence-corrected chi connectivity index (χ3v) is 10.2. The lowest BCUT2D eigenvalue weighted by Gasteiger charge is -2.26. The minimum Gasteiger partial charge on any atom is -0.394 e.